The number of carbonyl (C=O) groups excluding carboxylic acids is 1. The zero-order valence-electron chi connectivity index (χ0n) is 8.09. The Morgan fingerprint density at radius 1 is 1.64 bits per heavy atom. The number of hydrogen-bond donors (Lipinski definition) is 2. The number of rotatable bonds is 5. The molecule has 0 aromatic carbocycles. The molecule has 1 saturated heterocycles. The smallest absolute Gasteiger partial charge is 0.220 e. The van der Waals surface area contributed by atoms with Gasteiger partial charge in [-0.3, -0.25) is 4.79 Å². The summed E-state index contributed by atoms with van der Waals surface area (Å²) in [5.41, 5.74) is -0.864. The topological polar surface area (TPSA) is 58.6 Å². The maximum absolute atomic E-state index is 11.2. The second kappa shape index (κ2) is 5.53. The highest BCUT2D eigenvalue weighted by molar-refractivity contribution is 6.17. The normalized spacial score (nSPS) is 26.4. The van der Waals surface area contributed by atoms with E-state index in [0.29, 0.717) is 38.4 Å². The van der Waals surface area contributed by atoms with Crippen molar-refractivity contribution in [3.63, 3.8) is 0 Å². The lowest BCUT2D eigenvalue weighted by atomic mass is 10.0. The Morgan fingerprint density at radius 3 is 3.00 bits per heavy atom. The van der Waals surface area contributed by atoms with Gasteiger partial charge in [-0.25, -0.2) is 0 Å². The first kappa shape index (κ1) is 11.8. The molecule has 5 heteroatoms. The van der Waals surface area contributed by atoms with Crippen LogP contribution in [0.15, 0.2) is 0 Å². The number of halogens is 1. The third-order valence-corrected chi connectivity index (χ3v) is 2.50. The SMILES string of the molecule is O=C(CCCCl)NCC1(O)CCOC1. The highest BCUT2D eigenvalue weighted by atomic mass is 35.5. The Labute approximate surface area is 88.6 Å². The summed E-state index contributed by atoms with van der Waals surface area (Å²) in [4.78, 5) is 11.2. The summed E-state index contributed by atoms with van der Waals surface area (Å²) < 4.78 is 5.05. The van der Waals surface area contributed by atoms with Gasteiger partial charge in [0.15, 0.2) is 0 Å². The van der Waals surface area contributed by atoms with Gasteiger partial charge >= 0.3 is 0 Å². The molecule has 1 heterocycles. The fourth-order valence-corrected chi connectivity index (χ4v) is 1.45. The van der Waals surface area contributed by atoms with Crippen LogP contribution in [0.5, 0.6) is 0 Å². The maximum Gasteiger partial charge on any atom is 0.220 e. The first-order valence-electron chi connectivity index (χ1n) is 4.79. The van der Waals surface area contributed by atoms with Gasteiger partial charge in [0.25, 0.3) is 0 Å². The lowest BCUT2D eigenvalue weighted by Crippen LogP contribution is -2.43. The molecule has 1 unspecified atom stereocenters. The first-order valence-corrected chi connectivity index (χ1v) is 5.32. The molecule has 1 aliphatic rings. The molecule has 4 nitrogen and oxygen atoms in total. The van der Waals surface area contributed by atoms with Gasteiger partial charge in [0.1, 0.15) is 5.60 Å². The highest BCUT2D eigenvalue weighted by Crippen LogP contribution is 2.16. The summed E-state index contributed by atoms with van der Waals surface area (Å²) in [5.74, 6) is 0.423. The standard InChI is InChI=1S/C9H16ClNO3/c10-4-1-2-8(12)11-6-9(13)3-5-14-7-9/h13H,1-7H2,(H,11,12). The number of amides is 1. The number of ether oxygens (including phenoxy) is 1. The molecule has 1 atom stereocenters. The fraction of sp³-hybridized carbons (Fsp3) is 0.889. The van der Waals surface area contributed by atoms with Gasteiger partial charge in [-0.2, -0.15) is 0 Å². The molecule has 0 radical (unpaired) electrons. The largest absolute Gasteiger partial charge is 0.386 e. The van der Waals surface area contributed by atoms with Gasteiger partial charge in [0, 0.05) is 31.9 Å². The van der Waals surface area contributed by atoms with Crippen molar-refractivity contribution in [3.8, 4) is 0 Å². The number of hydrogen-bond acceptors (Lipinski definition) is 3. The van der Waals surface area contributed by atoms with Crippen LogP contribution in [-0.4, -0.2) is 42.3 Å². The predicted molar refractivity (Wildman–Crippen MR) is 53.3 cm³/mol. The zero-order valence-corrected chi connectivity index (χ0v) is 8.85. The van der Waals surface area contributed by atoms with Crippen LogP contribution in [0.3, 0.4) is 0 Å². The lowest BCUT2D eigenvalue weighted by molar-refractivity contribution is -0.122. The van der Waals surface area contributed by atoms with Crippen molar-refractivity contribution < 1.29 is 14.6 Å². The van der Waals surface area contributed by atoms with Crippen molar-refractivity contribution in [2.45, 2.75) is 24.9 Å². The summed E-state index contributed by atoms with van der Waals surface area (Å²) in [6.45, 7) is 1.14. The van der Waals surface area contributed by atoms with Crippen molar-refractivity contribution in [2.24, 2.45) is 0 Å². The van der Waals surface area contributed by atoms with E-state index < -0.39 is 5.60 Å². The molecule has 82 valence electrons. The van der Waals surface area contributed by atoms with Crippen LogP contribution < -0.4 is 5.32 Å². The summed E-state index contributed by atoms with van der Waals surface area (Å²) >= 11 is 5.45. The van der Waals surface area contributed by atoms with Gasteiger partial charge in [-0.1, -0.05) is 0 Å². The zero-order chi connectivity index (χ0) is 10.4. The number of aliphatic hydroxyl groups is 1. The summed E-state index contributed by atoms with van der Waals surface area (Å²) in [5, 5.41) is 12.5. The van der Waals surface area contributed by atoms with Gasteiger partial charge < -0.3 is 15.2 Å². The van der Waals surface area contributed by atoms with Crippen LogP contribution in [0, 0.1) is 0 Å². The van der Waals surface area contributed by atoms with E-state index in [-0.39, 0.29) is 12.5 Å². The number of carbonyl (C=O) groups is 1. The summed E-state index contributed by atoms with van der Waals surface area (Å²) in [6.07, 6.45) is 1.67. The van der Waals surface area contributed by atoms with E-state index in [4.69, 9.17) is 16.3 Å². The summed E-state index contributed by atoms with van der Waals surface area (Å²) in [7, 11) is 0. The van der Waals surface area contributed by atoms with E-state index in [1.54, 1.807) is 0 Å². The van der Waals surface area contributed by atoms with Crippen LogP contribution in [0.1, 0.15) is 19.3 Å². The van der Waals surface area contributed by atoms with Crippen LogP contribution in [0.25, 0.3) is 0 Å². The molecule has 0 aromatic rings. The predicted octanol–water partition coefficient (Wildman–Crippen LogP) is 0.273. The fourth-order valence-electron chi connectivity index (χ4n) is 1.31. The second-order valence-corrected chi connectivity index (χ2v) is 3.97. The average Bonchev–Trinajstić information content (AvgIpc) is 2.60. The molecule has 1 fully saturated rings. The van der Waals surface area contributed by atoms with Crippen molar-refractivity contribution >= 4 is 17.5 Å². The van der Waals surface area contributed by atoms with E-state index >= 15 is 0 Å². The van der Waals surface area contributed by atoms with Crippen molar-refractivity contribution in [1.82, 2.24) is 5.32 Å². The molecule has 0 aliphatic carbocycles. The second-order valence-electron chi connectivity index (χ2n) is 3.60. The number of alkyl halides is 1. The van der Waals surface area contributed by atoms with E-state index in [2.05, 4.69) is 5.32 Å². The van der Waals surface area contributed by atoms with Gasteiger partial charge in [0.05, 0.1) is 6.61 Å². The maximum atomic E-state index is 11.2. The van der Waals surface area contributed by atoms with E-state index in [1.807, 2.05) is 0 Å². The van der Waals surface area contributed by atoms with Crippen LogP contribution >= 0.6 is 11.6 Å². The van der Waals surface area contributed by atoms with Crippen LogP contribution in [-0.2, 0) is 9.53 Å². The molecule has 0 saturated carbocycles. The van der Waals surface area contributed by atoms with E-state index in [1.165, 1.54) is 0 Å². The minimum Gasteiger partial charge on any atom is -0.386 e. The third kappa shape index (κ3) is 3.82. The molecule has 2 N–H and O–H groups in total. The van der Waals surface area contributed by atoms with Gasteiger partial charge in [-0.05, 0) is 6.42 Å². The lowest BCUT2D eigenvalue weighted by Gasteiger charge is -2.20. The Morgan fingerprint density at radius 2 is 2.43 bits per heavy atom. The van der Waals surface area contributed by atoms with Crippen molar-refractivity contribution in [1.29, 1.82) is 0 Å². The molecule has 14 heavy (non-hydrogen) atoms. The third-order valence-electron chi connectivity index (χ3n) is 2.23. The molecule has 1 amide bonds. The first-order chi connectivity index (χ1) is 6.66. The quantitative estimate of drug-likeness (QED) is 0.656. The molecule has 1 aliphatic heterocycles. The Hall–Kier alpha value is -0.320. The average molecular weight is 222 g/mol. The molecule has 0 spiro atoms. The minimum absolute atomic E-state index is 0.0639. The van der Waals surface area contributed by atoms with Crippen molar-refractivity contribution in [3.05, 3.63) is 0 Å². The van der Waals surface area contributed by atoms with E-state index in [0.717, 1.165) is 0 Å². The highest BCUT2D eigenvalue weighted by Gasteiger charge is 2.32. The van der Waals surface area contributed by atoms with Crippen LogP contribution in [0.2, 0.25) is 0 Å². The van der Waals surface area contributed by atoms with E-state index in [9.17, 15) is 9.90 Å². The molecule has 0 bridgehead atoms. The minimum atomic E-state index is -0.864. The molecule has 1 rings (SSSR count). The van der Waals surface area contributed by atoms with Crippen molar-refractivity contribution in [2.75, 3.05) is 25.6 Å². The molecular formula is C9H16ClNO3. The Kier molecular flexibility index (Phi) is 4.65. The number of nitrogens with one attached hydrogen (secondary N) is 1. The Bertz CT molecular complexity index is 192. The molecular weight excluding hydrogens is 206 g/mol. The monoisotopic (exact) mass is 221 g/mol. The Balaban J connectivity index is 2.15. The van der Waals surface area contributed by atoms with Gasteiger partial charge in [-0.15, -0.1) is 11.6 Å². The molecule has 0 aromatic heterocycles. The summed E-state index contributed by atoms with van der Waals surface area (Å²) in [6, 6.07) is 0. The van der Waals surface area contributed by atoms with Crippen LogP contribution in [0.4, 0.5) is 0 Å². The van der Waals surface area contributed by atoms with Gasteiger partial charge in [0.2, 0.25) is 5.91 Å².